The van der Waals surface area contributed by atoms with Crippen LogP contribution in [0.15, 0.2) is 48.5 Å². The number of nitro groups is 2. The van der Waals surface area contributed by atoms with Crippen molar-refractivity contribution in [2.24, 2.45) is 0 Å². The second-order valence-electron chi connectivity index (χ2n) is 6.15. The summed E-state index contributed by atoms with van der Waals surface area (Å²) >= 11 is 0. The highest BCUT2D eigenvalue weighted by molar-refractivity contribution is 6.05. The summed E-state index contributed by atoms with van der Waals surface area (Å²) in [6.45, 7) is -0.398. The van der Waals surface area contributed by atoms with Crippen LogP contribution >= 0.6 is 0 Å². The Morgan fingerprint density at radius 2 is 1.52 bits per heavy atom. The van der Waals surface area contributed by atoms with E-state index in [9.17, 15) is 34.6 Å². The molecule has 1 saturated heterocycles. The summed E-state index contributed by atoms with van der Waals surface area (Å²) in [5.74, 6) is -2.01. The van der Waals surface area contributed by atoms with Gasteiger partial charge in [0.05, 0.1) is 22.0 Å². The van der Waals surface area contributed by atoms with Crippen LogP contribution in [0.2, 0.25) is 0 Å². The number of para-hydroxylation sites is 1. The standard InChI is InChI=1S/C18H14N4O7/c23-16-9-10-17(24)20(16)19(11-13-3-1-2-4-15(13)22(28)29)18(25)12-5-7-14(8-6-12)21(26)27/h1-8H,9-11H2. The van der Waals surface area contributed by atoms with Crippen molar-refractivity contribution in [1.82, 2.24) is 10.0 Å². The first-order valence-corrected chi connectivity index (χ1v) is 8.44. The molecule has 0 unspecified atom stereocenters. The van der Waals surface area contributed by atoms with Crippen molar-refractivity contribution in [3.63, 3.8) is 0 Å². The summed E-state index contributed by atoms with van der Waals surface area (Å²) in [6.07, 6.45) is -0.167. The lowest BCUT2D eigenvalue weighted by Gasteiger charge is -2.30. The third-order valence-corrected chi connectivity index (χ3v) is 4.33. The molecule has 0 atom stereocenters. The zero-order chi connectivity index (χ0) is 21.1. The Kier molecular flexibility index (Phi) is 5.30. The van der Waals surface area contributed by atoms with Crippen LogP contribution in [-0.2, 0) is 16.1 Å². The van der Waals surface area contributed by atoms with Gasteiger partial charge in [0.2, 0.25) is 11.8 Å². The fourth-order valence-electron chi connectivity index (χ4n) is 2.93. The second kappa shape index (κ2) is 7.84. The van der Waals surface area contributed by atoms with Gasteiger partial charge in [-0.1, -0.05) is 18.2 Å². The van der Waals surface area contributed by atoms with Crippen LogP contribution in [-0.4, -0.2) is 37.6 Å². The molecule has 1 heterocycles. The Bertz CT molecular complexity index is 1000. The topological polar surface area (TPSA) is 144 Å². The first-order chi connectivity index (χ1) is 13.8. The zero-order valence-corrected chi connectivity index (χ0v) is 14.9. The van der Waals surface area contributed by atoms with Crippen LogP contribution < -0.4 is 0 Å². The summed E-state index contributed by atoms with van der Waals surface area (Å²) in [6, 6.07) is 10.3. The van der Waals surface area contributed by atoms with Crippen molar-refractivity contribution in [3.8, 4) is 0 Å². The Labute approximate surface area is 163 Å². The molecule has 3 rings (SSSR count). The van der Waals surface area contributed by atoms with Gasteiger partial charge >= 0.3 is 0 Å². The van der Waals surface area contributed by atoms with E-state index in [1.54, 1.807) is 0 Å². The van der Waals surface area contributed by atoms with Gasteiger partial charge in [0.1, 0.15) is 0 Å². The molecule has 29 heavy (non-hydrogen) atoms. The van der Waals surface area contributed by atoms with Gasteiger partial charge < -0.3 is 0 Å². The van der Waals surface area contributed by atoms with Crippen molar-refractivity contribution in [1.29, 1.82) is 0 Å². The van der Waals surface area contributed by atoms with Crippen LogP contribution in [0.3, 0.4) is 0 Å². The monoisotopic (exact) mass is 398 g/mol. The molecule has 11 heteroatoms. The molecule has 1 aliphatic rings. The Morgan fingerprint density at radius 1 is 0.931 bits per heavy atom. The molecule has 0 bridgehead atoms. The molecule has 0 radical (unpaired) electrons. The van der Waals surface area contributed by atoms with Crippen LogP contribution in [0.4, 0.5) is 11.4 Å². The normalized spacial score (nSPS) is 13.4. The number of rotatable bonds is 6. The fourth-order valence-corrected chi connectivity index (χ4v) is 2.93. The van der Waals surface area contributed by atoms with E-state index in [2.05, 4.69) is 0 Å². The third-order valence-electron chi connectivity index (χ3n) is 4.33. The average Bonchev–Trinajstić information content (AvgIpc) is 3.04. The third kappa shape index (κ3) is 3.93. The molecule has 0 aromatic heterocycles. The lowest BCUT2D eigenvalue weighted by Crippen LogP contribution is -2.49. The van der Waals surface area contributed by atoms with Gasteiger partial charge in [-0.2, -0.15) is 5.01 Å². The van der Waals surface area contributed by atoms with Crippen molar-refractivity contribution in [2.75, 3.05) is 0 Å². The number of amides is 3. The molecule has 3 amide bonds. The van der Waals surface area contributed by atoms with Gasteiger partial charge in [-0.3, -0.25) is 34.6 Å². The molecule has 148 valence electrons. The molecule has 1 fully saturated rings. The van der Waals surface area contributed by atoms with E-state index >= 15 is 0 Å². The number of nitrogens with zero attached hydrogens (tertiary/aromatic N) is 4. The lowest BCUT2D eigenvalue weighted by atomic mass is 10.1. The summed E-state index contributed by atoms with van der Waals surface area (Å²) in [5, 5.41) is 23.6. The largest absolute Gasteiger partial charge is 0.274 e. The quantitative estimate of drug-likeness (QED) is 0.412. The van der Waals surface area contributed by atoms with Crippen molar-refractivity contribution in [3.05, 3.63) is 79.9 Å². The fraction of sp³-hybridized carbons (Fsp3) is 0.167. The number of non-ortho nitro benzene ring substituents is 1. The van der Waals surface area contributed by atoms with Crippen LogP contribution in [0.1, 0.15) is 28.8 Å². The maximum atomic E-state index is 13.0. The van der Waals surface area contributed by atoms with E-state index < -0.39 is 34.1 Å². The lowest BCUT2D eigenvalue weighted by molar-refractivity contribution is -0.385. The second-order valence-corrected chi connectivity index (χ2v) is 6.15. The summed E-state index contributed by atoms with van der Waals surface area (Å²) in [5.41, 5.74) is -0.393. The predicted molar refractivity (Wildman–Crippen MR) is 97.2 cm³/mol. The number of hydrogen-bond donors (Lipinski definition) is 0. The van der Waals surface area contributed by atoms with Gasteiger partial charge in [-0.25, -0.2) is 5.01 Å². The van der Waals surface area contributed by atoms with E-state index in [-0.39, 0.29) is 35.3 Å². The van der Waals surface area contributed by atoms with Gasteiger partial charge in [-0.05, 0) is 12.1 Å². The Hall–Kier alpha value is -4.15. The van der Waals surface area contributed by atoms with Crippen molar-refractivity contribution >= 4 is 29.1 Å². The molecule has 0 saturated carbocycles. The van der Waals surface area contributed by atoms with Gasteiger partial charge in [-0.15, -0.1) is 0 Å². The number of hydrogen-bond acceptors (Lipinski definition) is 7. The van der Waals surface area contributed by atoms with E-state index in [0.29, 0.717) is 5.01 Å². The molecule has 2 aromatic carbocycles. The number of imide groups is 1. The Balaban J connectivity index is 2.01. The smallest absolute Gasteiger partial charge is 0.273 e. The highest BCUT2D eigenvalue weighted by Crippen LogP contribution is 2.25. The van der Waals surface area contributed by atoms with E-state index in [1.165, 1.54) is 36.4 Å². The molecule has 2 aromatic rings. The van der Waals surface area contributed by atoms with Crippen LogP contribution in [0.5, 0.6) is 0 Å². The maximum absolute atomic E-state index is 13.0. The minimum Gasteiger partial charge on any atom is -0.273 e. The van der Waals surface area contributed by atoms with Crippen molar-refractivity contribution in [2.45, 2.75) is 19.4 Å². The number of benzene rings is 2. The Morgan fingerprint density at radius 3 is 2.07 bits per heavy atom. The van der Waals surface area contributed by atoms with Crippen molar-refractivity contribution < 1.29 is 24.2 Å². The van der Waals surface area contributed by atoms with E-state index in [0.717, 1.165) is 17.1 Å². The van der Waals surface area contributed by atoms with Crippen LogP contribution in [0.25, 0.3) is 0 Å². The first kappa shape index (κ1) is 19.6. The molecule has 1 aliphatic heterocycles. The van der Waals surface area contributed by atoms with Crippen LogP contribution in [0, 0.1) is 20.2 Å². The average molecular weight is 398 g/mol. The number of carbonyl (C=O) groups excluding carboxylic acids is 3. The number of carbonyl (C=O) groups is 3. The molecular weight excluding hydrogens is 384 g/mol. The highest BCUT2D eigenvalue weighted by atomic mass is 16.6. The predicted octanol–water partition coefficient (Wildman–Crippen LogP) is 2.21. The van der Waals surface area contributed by atoms with Gasteiger partial charge in [0.15, 0.2) is 0 Å². The summed E-state index contributed by atoms with van der Waals surface area (Å²) in [4.78, 5) is 58.3. The van der Waals surface area contributed by atoms with Gasteiger partial charge in [0.25, 0.3) is 17.3 Å². The first-order valence-electron chi connectivity index (χ1n) is 8.44. The molecule has 0 N–H and O–H groups in total. The SMILES string of the molecule is O=C(c1ccc([N+](=O)[O-])cc1)N(Cc1ccccc1[N+](=O)[O-])N1C(=O)CCC1=O. The maximum Gasteiger partial charge on any atom is 0.274 e. The molecular formula is C18H14N4O7. The number of nitro benzene ring substituents is 2. The van der Waals surface area contributed by atoms with E-state index in [4.69, 9.17) is 0 Å². The minimum atomic E-state index is -0.790. The van der Waals surface area contributed by atoms with Gasteiger partial charge in [0, 0.05) is 36.6 Å². The summed E-state index contributed by atoms with van der Waals surface area (Å²) < 4.78 is 0. The highest BCUT2D eigenvalue weighted by Gasteiger charge is 2.38. The summed E-state index contributed by atoms with van der Waals surface area (Å²) in [7, 11) is 0. The minimum absolute atomic E-state index is 0.0123. The molecule has 11 nitrogen and oxygen atoms in total. The number of hydrazine groups is 1. The molecule has 0 aliphatic carbocycles. The zero-order valence-electron chi connectivity index (χ0n) is 14.9. The molecule has 0 spiro atoms. The van der Waals surface area contributed by atoms with E-state index in [1.807, 2.05) is 0 Å².